The predicted molar refractivity (Wildman–Crippen MR) is 238 cm³/mol. The fourth-order valence-corrected chi connectivity index (χ4v) is 7.69. The summed E-state index contributed by atoms with van der Waals surface area (Å²) in [4.78, 5) is 66.4. The highest BCUT2D eigenvalue weighted by atomic mass is 16.7. The molecule has 3 heterocycles. The minimum atomic E-state index is -1.72. The first-order chi connectivity index (χ1) is 33.9. The molecule has 0 aliphatic carbocycles. The summed E-state index contributed by atoms with van der Waals surface area (Å²) < 4.78 is 32.3. The Morgan fingerprint density at radius 2 is 0.831 bits per heavy atom. The van der Waals surface area contributed by atoms with Crippen molar-refractivity contribution in [3.63, 3.8) is 0 Å². The van der Waals surface area contributed by atoms with Crippen LogP contribution in [0, 0.1) is 0 Å². The number of carbonyl (C=O) groups excluding carboxylic acids is 5. The van der Waals surface area contributed by atoms with Crippen molar-refractivity contribution >= 4 is 29.5 Å². The summed E-state index contributed by atoms with van der Waals surface area (Å²) in [6.45, 7) is -2.50. The zero-order valence-corrected chi connectivity index (χ0v) is 39.7. The van der Waals surface area contributed by atoms with Crippen molar-refractivity contribution in [1.29, 1.82) is 0 Å². The van der Waals surface area contributed by atoms with Gasteiger partial charge in [-0.3, -0.25) is 28.9 Å². The number of rotatable bonds is 32. The lowest BCUT2D eigenvalue weighted by atomic mass is 9.99. The van der Waals surface area contributed by atoms with E-state index in [4.69, 9.17) is 28.4 Å². The number of aliphatic hydroxyl groups excluding tert-OH is 12. The summed E-state index contributed by atoms with van der Waals surface area (Å²) in [6.07, 6.45) is -21.4. The van der Waals surface area contributed by atoms with E-state index < -0.39 is 149 Å². The molecule has 3 fully saturated rings. The third-order valence-corrected chi connectivity index (χ3v) is 11.7. The number of ether oxygens (including phenoxy) is 6. The van der Waals surface area contributed by atoms with Gasteiger partial charge in [0, 0.05) is 45.6 Å². The quantitative estimate of drug-likeness (QED) is 0.0278. The summed E-state index contributed by atoms with van der Waals surface area (Å²) in [5.74, 6) is -2.54. The number of unbranched alkanes of at least 4 members (excludes halogenated alkanes) is 2. The van der Waals surface area contributed by atoms with Crippen LogP contribution in [0.3, 0.4) is 0 Å². The molecule has 5 amide bonds. The van der Waals surface area contributed by atoms with Crippen molar-refractivity contribution in [1.82, 2.24) is 31.5 Å². The Labute approximate surface area is 409 Å². The molecular weight excluding hydrogens is 956 g/mol. The predicted octanol–water partition coefficient (Wildman–Crippen LogP) is -9.56. The molecule has 0 aromatic rings. The molecule has 0 saturated carbocycles. The van der Waals surface area contributed by atoms with E-state index in [-0.39, 0.29) is 83.5 Å². The summed E-state index contributed by atoms with van der Waals surface area (Å²) in [6, 6.07) is -1.24. The molecule has 3 unspecified atom stereocenters. The molecule has 16 atom stereocenters. The maximum Gasteiger partial charge on any atom is 0.237 e. The Hall–Kier alpha value is -3.41. The van der Waals surface area contributed by atoms with Crippen molar-refractivity contribution in [3.05, 3.63) is 0 Å². The minimum absolute atomic E-state index is 0.00279. The smallest absolute Gasteiger partial charge is 0.237 e. The van der Waals surface area contributed by atoms with Gasteiger partial charge < -0.3 is 116 Å². The second-order valence-corrected chi connectivity index (χ2v) is 17.1. The average Bonchev–Trinajstić information content (AvgIpc) is 3.34. The minimum Gasteiger partial charge on any atom is -0.394 e. The molecule has 3 saturated heterocycles. The second kappa shape index (κ2) is 32.7. The van der Waals surface area contributed by atoms with Crippen LogP contribution in [0.4, 0.5) is 0 Å². The van der Waals surface area contributed by atoms with Crippen molar-refractivity contribution in [3.8, 4) is 0 Å². The molecule has 29 heteroatoms. The fourth-order valence-electron chi connectivity index (χ4n) is 7.69. The molecule has 412 valence electrons. The van der Waals surface area contributed by atoms with Gasteiger partial charge in [-0.2, -0.15) is 0 Å². The van der Waals surface area contributed by atoms with Crippen molar-refractivity contribution in [2.24, 2.45) is 0 Å². The summed E-state index contributed by atoms with van der Waals surface area (Å²) >= 11 is 0. The van der Waals surface area contributed by atoms with E-state index in [2.05, 4.69) is 26.6 Å². The first kappa shape index (κ1) is 61.9. The fraction of sp³-hybridized carbons (Fsp3) is 0.881. The summed E-state index contributed by atoms with van der Waals surface area (Å²) in [7, 11) is 0. The van der Waals surface area contributed by atoms with Crippen molar-refractivity contribution < 1.29 is 114 Å². The Morgan fingerprint density at radius 1 is 0.465 bits per heavy atom. The van der Waals surface area contributed by atoms with Gasteiger partial charge in [0.15, 0.2) is 18.9 Å². The molecule has 0 bridgehead atoms. The number of nitrogens with zero attached hydrogens (tertiary/aromatic N) is 1. The van der Waals surface area contributed by atoms with E-state index in [1.54, 1.807) is 6.92 Å². The van der Waals surface area contributed by atoms with E-state index in [1.807, 2.05) is 0 Å². The van der Waals surface area contributed by atoms with Gasteiger partial charge in [0.1, 0.15) is 73.2 Å². The van der Waals surface area contributed by atoms with Gasteiger partial charge in [-0.1, -0.05) is 0 Å². The molecule has 0 radical (unpaired) electrons. The lowest BCUT2D eigenvalue weighted by Gasteiger charge is -2.39. The van der Waals surface area contributed by atoms with E-state index in [0.29, 0.717) is 25.8 Å². The number of aliphatic hydroxyl groups is 12. The largest absolute Gasteiger partial charge is 0.394 e. The number of hydrogen-bond acceptors (Lipinski definition) is 24. The SMILES string of the molecule is CCNC(=O)CCCCC(=O)NCCCC[C@@H](C(=O)NCCOC1O[C@H](CO)[C@@H](O)[C@H](O)[C@@H]1O)N(CC(=O)NCCOC1O[C@H](CO)[C@@H](O)[C@H](O)[C@@H]1O)CC(=O)NCCOC1O[C@H](CO)[C@@H](O)[C@H](O)[C@@H]1O. The Bertz CT molecular complexity index is 1530. The van der Waals surface area contributed by atoms with Crippen LogP contribution in [0.25, 0.3) is 0 Å². The first-order valence-corrected chi connectivity index (χ1v) is 23.7. The van der Waals surface area contributed by atoms with Crippen LogP contribution in [0.15, 0.2) is 0 Å². The molecule has 29 nitrogen and oxygen atoms in total. The molecule has 3 rings (SSSR count). The Morgan fingerprint density at radius 3 is 1.21 bits per heavy atom. The van der Waals surface area contributed by atoms with Gasteiger partial charge in [-0.05, 0) is 39.0 Å². The van der Waals surface area contributed by atoms with Crippen molar-refractivity contribution in [2.45, 2.75) is 150 Å². The van der Waals surface area contributed by atoms with Crippen LogP contribution in [0.1, 0.15) is 51.9 Å². The third kappa shape index (κ3) is 20.1. The van der Waals surface area contributed by atoms with Crippen LogP contribution in [-0.2, 0) is 52.4 Å². The van der Waals surface area contributed by atoms with Gasteiger partial charge in [-0.15, -0.1) is 0 Å². The lowest BCUT2D eigenvalue weighted by molar-refractivity contribution is -0.300. The zero-order valence-electron chi connectivity index (χ0n) is 39.7. The standard InChI is InChI=1S/C42H76N6O23/c1-2-43-26(52)8-3-4-9-27(53)44-10-6-5-7-22(39(65)47-13-16-68-42-38(64)35(61)32(58)25(21-51)71-42)48(17-28(54)45-11-14-66-40-36(62)33(59)30(56)23(19-49)69-40)18-29(55)46-12-15-67-41-37(63)34(60)31(57)24(20-50)70-41/h22-25,30-38,40-42,49-51,56-64H,2-21H2,1H3,(H,43,52)(H,44,53)(H,45,54)(H,46,55)(H,47,65)/t22-,23+,24+,25+,30+,31+,32+,33-,34-,35-,36-,37-,38-,40?,41?,42?/m0/s1. The van der Waals surface area contributed by atoms with Gasteiger partial charge in [0.25, 0.3) is 0 Å². The lowest BCUT2D eigenvalue weighted by Crippen LogP contribution is -2.59. The van der Waals surface area contributed by atoms with E-state index >= 15 is 0 Å². The molecule has 3 aliphatic rings. The molecule has 0 aromatic heterocycles. The third-order valence-electron chi connectivity index (χ3n) is 11.7. The van der Waals surface area contributed by atoms with E-state index in [9.17, 15) is 85.3 Å². The van der Waals surface area contributed by atoms with Gasteiger partial charge >= 0.3 is 0 Å². The Kier molecular flexibility index (Phi) is 28.5. The van der Waals surface area contributed by atoms with Crippen LogP contribution in [0.2, 0.25) is 0 Å². The second-order valence-electron chi connectivity index (χ2n) is 17.1. The number of nitrogens with one attached hydrogen (secondary N) is 5. The summed E-state index contributed by atoms with van der Waals surface area (Å²) in [5.41, 5.74) is 0. The van der Waals surface area contributed by atoms with Crippen LogP contribution < -0.4 is 26.6 Å². The monoisotopic (exact) mass is 1030 g/mol. The highest BCUT2D eigenvalue weighted by Crippen LogP contribution is 2.24. The van der Waals surface area contributed by atoms with Crippen LogP contribution >= 0.6 is 0 Å². The average molecular weight is 1030 g/mol. The van der Waals surface area contributed by atoms with Gasteiger partial charge in [0.2, 0.25) is 29.5 Å². The van der Waals surface area contributed by atoms with Crippen LogP contribution in [0.5, 0.6) is 0 Å². The maximum absolute atomic E-state index is 14.0. The van der Waals surface area contributed by atoms with Crippen molar-refractivity contribution in [2.75, 3.05) is 85.5 Å². The molecule has 0 aromatic carbocycles. The molecule has 0 spiro atoms. The number of carbonyl (C=O) groups is 5. The van der Waals surface area contributed by atoms with E-state index in [1.165, 1.54) is 4.90 Å². The number of hydrogen-bond donors (Lipinski definition) is 17. The first-order valence-electron chi connectivity index (χ1n) is 23.7. The zero-order chi connectivity index (χ0) is 52.6. The molecule has 71 heavy (non-hydrogen) atoms. The Balaban J connectivity index is 1.71. The summed E-state index contributed by atoms with van der Waals surface area (Å²) in [5, 5.41) is 133. The van der Waals surface area contributed by atoms with Crippen LogP contribution in [-0.4, -0.2) is 279 Å². The van der Waals surface area contributed by atoms with Gasteiger partial charge in [0.05, 0.1) is 58.8 Å². The molecule has 3 aliphatic heterocycles. The molecular formula is C42H76N6O23. The highest BCUT2D eigenvalue weighted by molar-refractivity contribution is 5.86. The maximum atomic E-state index is 14.0. The topological polar surface area (TPSA) is 447 Å². The number of amides is 5. The normalized spacial score (nSPS) is 31.4. The van der Waals surface area contributed by atoms with Gasteiger partial charge in [-0.25, -0.2) is 0 Å². The molecule has 17 N–H and O–H groups in total. The van der Waals surface area contributed by atoms with E-state index in [0.717, 1.165) is 0 Å². The highest BCUT2D eigenvalue weighted by Gasteiger charge is 2.46.